The monoisotopic (exact) mass is 288 g/mol. The molecule has 2 unspecified atom stereocenters. The van der Waals surface area contributed by atoms with Gasteiger partial charge in [0.2, 0.25) is 0 Å². The molecule has 3 rings (SSSR count). The molecule has 17 heavy (non-hydrogen) atoms. The number of hydrogen-bond donors (Lipinski definition) is 0. The zero-order chi connectivity index (χ0) is 12.0. The summed E-state index contributed by atoms with van der Waals surface area (Å²) >= 11 is 3.53. The number of ketones is 1. The summed E-state index contributed by atoms with van der Waals surface area (Å²) in [6.45, 7) is 2.14. The minimum Gasteiger partial charge on any atom is -0.294 e. The Morgan fingerprint density at radius 3 is 2.47 bits per heavy atom. The molecule has 1 fully saturated rings. The third kappa shape index (κ3) is 1.81. The molecule has 86 valence electrons. The number of rotatable bonds is 2. The van der Waals surface area contributed by atoms with E-state index in [-0.39, 0.29) is 5.92 Å². The zero-order valence-electron chi connectivity index (χ0n) is 9.61. The fourth-order valence-electron chi connectivity index (χ4n) is 2.36. The normalized spacial score (nSPS) is 22.7. The van der Waals surface area contributed by atoms with Gasteiger partial charge in [-0.1, -0.05) is 47.1 Å². The maximum absolute atomic E-state index is 12.3. The van der Waals surface area contributed by atoms with Crippen LogP contribution in [0.3, 0.4) is 0 Å². The Bertz CT molecular complexity index is 603. The van der Waals surface area contributed by atoms with Gasteiger partial charge in [0.15, 0.2) is 5.78 Å². The van der Waals surface area contributed by atoms with Crippen molar-refractivity contribution in [1.29, 1.82) is 0 Å². The smallest absolute Gasteiger partial charge is 0.166 e. The maximum atomic E-state index is 12.3. The minimum atomic E-state index is 0.250. The number of fused-ring (bicyclic) bond motifs is 1. The van der Waals surface area contributed by atoms with E-state index in [2.05, 4.69) is 22.9 Å². The SMILES string of the molecule is CC1CC1C(=O)c1ccc(Br)c2ccccc12. The first-order chi connectivity index (χ1) is 8.18. The number of Topliss-reactive ketones (excluding diaryl/α,β-unsaturated/α-hetero) is 1. The van der Waals surface area contributed by atoms with Crippen LogP contribution < -0.4 is 0 Å². The maximum Gasteiger partial charge on any atom is 0.166 e. The van der Waals surface area contributed by atoms with Gasteiger partial charge in [-0.25, -0.2) is 0 Å². The number of carbonyl (C=O) groups is 1. The molecule has 2 aromatic rings. The van der Waals surface area contributed by atoms with Crippen molar-refractivity contribution in [1.82, 2.24) is 0 Å². The van der Waals surface area contributed by atoms with Gasteiger partial charge >= 0.3 is 0 Å². The van der Waals surface area contributed by atoms with E-state index in [9.17, 15) is 4.79 Å². The van der Waals surface area contributed by atoms with E-state index in [1.54, 1.807) is 0 Å². The molecule has 2 heteroatoms. The number of hydrogen-bond acceptors (Lipinski definition) is 1. The highest BCUT2D eigenvalue weighted by atomic mass is 79.9. The molecule has 0 N–H and O–H groups in total. The molecule has 2 atom stereocenters. The van der Waals surface area contributed by atoms with E-state index in [1.165, 1.54) is 0 Å². The highest BCUT2D eigenvalue weighted by Crippen LogP contribution is 2.41. The summed E-state index contributed by atoms with van der Waals surface area (Å²) in [5, 5.41) is 2.18. The van der Waals surface area contributed by atoms with Gasteiger partial charge in [-0.15, -0.1) is 0 Å². The first-order valence-electron chi connectivity index (χ1n) is 5.90. The Kier molecular flexibility index (Phi) is 2.55. The van der Waals surface area contributed by atoms with Crippen LogP contribution in [0.2, 0.25) is 0 Å². The standard InChI is InChI=1S/C15H13BrO/c1-9-8-13(9)15(17)12-6-7-14(16)11-5-3-2-4-10(11)12/h2-7,9,13H,8H2,1H3. The first kappa shape index (κ1) is 11.0. The second kappa shape index (κ2) is 3.95. The lowest BCUT2D eigenvalue weighted by atomic mass is 9.99. The fourth-order valence-corrected chi connectivity index (χ4v) is 2.84. The van der Waals surface area contributed by atoms with Crippen molar-refractivity contribution in [2.45, 2.75) is 13.3 Å². The van der Waals surface area contributed by atoms with Gasteiger partial charge in [0.25, 0.3) is 0 Å². The van der Waals surface area contributed by atoms with Crippen molar-refractivity contribution in [3.8, 4) is 0 Å². The van der Waals surface area contributed by atoms with Crippen LogP contribution in [0.1, 0.15) is 23.7 Å². The number of benzene rings is 2. The largest absolute Gasteiger partial charge is 0.294 e. The second-order valence-electron chi connectivity index (χ2n) is 4.82. The molecular weight excluding hydrogens is 276 g/mol. The molecule has 2 aromatic carbocycles. The molecule has 0 heterocycles. The molecule has 1 saturated carbocycles. The summed E-state index contributed by atoms with van der Waals surface area (Å²) in [6, 6.07) is 12.0. The van der Waals surface area contributed by atoms with Gasteiger partial charge in [0, 0.05) is 16.0 Å². The van der Waals surface area contributed by atoms with Crippen molar-refractivity contribution in [2.75, 3.05) is 0 Å². The predicted octanol–water partition coefficient (Wildman–Crippen LogP) is 4.44. The molecule has 0 radical (unpaired) electrons. The third-order valence-electron chi connectivity index (χ3n) is 3.58. The van der Waals surface area contributed by atoms with E-state index in [0.29, 0.717) is 11.7 Å². The molecule has 0 amide bonds. The van der Waals surface area contributed by atoms with Crippen LogP contribution in [0.4, 0.5) is 0 Å². The van der Waals surface area contributed by atoms with Gasteiger partial charge < -0.3 is 0 Å². The van der Waals surface area contributed by atoms with Crippen molar-refractivity contribution in [2.24, 2.45) is 11.8 Å². The summed E-state index contributed by atoms with van der Waals surface area (Å²) in [7, 11) is 0. The Hall–Kier alpha value is -1.15. The molecule has 1 aliphatic carbocycles. The van der Waals surface area contributed by atoms with Crippen LogP contribution >= 0.6 is 15.9 Å². The summed E-state index contributed by atoms with van der Waals surface area (Å²) in [5.41, 5.74) is 0.873. The van der Waals surface area contributed by atoms with Gasteiger partial charge in [0.05, 0.1) is 0 Å². The molecular formula is C15H13BrO. The summed E-state index contributed by atoms with van der Waals surface area (Å²) in [4.78, 5) is 12.3. The van der Waals surface area contributed by atoms with E-state index in [1.807, 2.05) is 36.4 Å². The average molecular weight is 289 g/mol. The zero-order valence-corrected chi connectivity index (χ0v) is 11.2. The summed E-state index contributed by atoms with van der Waals surface area (Å²) in [6.07, 6.45) is 1.04. The Morgan fingerprint density at radius 2 is 1.82 bits per heavy atom. The molecule has 1 nitrogen and oxygen atoms in total. The number of carbonyl (C=O) groups excluding carboxylic acids is 1. The number of halogens is 1. The summed E-state index contributed by atoms with van der Waals surface area (Å²) in [5.74, 6) is 1.12. The highest BCUT2D eigenvalue weighted by Gasteiger charge is 2.39. The highest BCUT2D eigenvalue weighted by molar-refractivity contribution is 9.10. The molecule has 1 aliphatic rings. The molecule has 0 bridgehead atoms. The predicted molar refractivity (Wildman–Crippen MR) is 73.2 cm³/mol. The van der Waals surface area contributed by atoms with Gasteiger partial charge in [-0.3, -0.25) is 4.79 Å². The summed E-state index contributed by atoms with van der Waals surface area (Å²) < 4.78 is 1.05. The van der Waals surface area contributed by atoms with Gasteiger partial charge in [-0.2, -0.15) is 0 Å². The third-order valence-corrected chi connectivity index (χ3v) is 4.27. The van der Waals surface area contributed by atoms with Crippen LogP contribution in [0.5, 0.6) is 0 Å². The average Bonchev–Trinajstić information content (AvgIpc) is 3.07. The minimum absolute atomic E-state index is 0.250. The van der Waals surface area contributed by atoms with E-state index in [4.69, 9.17) is 0 Å². The second-order valence-corrected chi connectivity index (χ2v) is 5.68. The topological polar surface area (TPSA) is 17.1 Å². The first-order valence-corrected chi connectivity index (χ1v) is 6.69. The van der Waals surface area contributed by atoms with Crippen LogP contribution in [0.25, 0.3) is 10.8 Å². The van der Waals surface area contributed by atoms with Crippen molar-refractivity contribution >= 4 is 32.5 Å². The molecule has 0 saturated heterocycles. The molecule has 0 aliphatic heterocycles. The Balaban J connectivity index is 2.17. The van der Waals surface area contributed by atoms with Gasteiger partial charge in [0.1, 0.15) is 0 Å². The lowest BCUT2D eigenvalue weighted by Crippen LogP contribution is -2.03. The Labute approximate surface area is 109 Å². The lowest BCUT2D eigenvalue weighted by Gasteiger charge is -2.07. The quantitative estimate of drug-likeness (QED) is 0.747. The van der Waals surface area contributed by atoms with Gasteiger partial charge in [-0.05, 0) is 35.2 Å². The van der Waals surface area contributed by atoms with Crippen LogP contribution in [-0.4, -0.2) is 5.78 Å². The van der Waals surface area contributed by atoms with E-state index in [0.717, 1.165) is 27.2 Å². The fraction of sp³-hybridized carbons (Fsp3) is 0.267. The molecule has 0 aromatic heterocycles. The van der Waals surface area contributed by atoms with Crippen LogP contribution in [-0.2, 0) is 0 Å². The van der Waals surface area contributed by atoms with Crippen LogP contribution in [0, 0.1) is 11.8 Å². The molecule has 0 spiro atoms. The van der Waals surface area contributed by atoms with Crippen molar-refractivity contribution < 1.29 is 4.79 Å². The lowest BCUT2D eigenvalue weighted by molar-refractivity contribution is 0.0964. The van der Waals surface area contributed by atoms with E-state index < -0.39 is 0 Å². The van der Waals surface area contributed by atoms with Crippen LogP contribution in [0.15, 0.2) is 40.9 Å². The van der Waals surface area contributed by atoms with Crippen molar-refractivity contribution in [3.05, 3.63) is 46.4 Å². The van der Waals surface area contributed by atoms with Crippen molar-refractivity contribution in [3.63, 3.8) is 0 Å². The van der Waals surface area contributed by atoms with E-state index >= 15 is 0 Å². The Morgan fingerprint density at radius 1 is 1.18 bits per heavy atom.